The molecule has 2 amide bonds. The van der Waals surface area contributed by atoms with E-state index in [0.29, 0.717) is 36.7 Å². The maximum Gasteiger partial charge on any atom is 0.253 e. The van der Waals surface area contributed by atoms with Crippen molar-refractivity contribution in [2.45, 2.75) is 79.0 Å². The fraction of sp³-hybridized carbons (Fsp3) is 0.444. The molecule has 8 heteroatoms. The zero-order valence-electron chi connectivity index (χ0n) is 26.6. The van der Waals surface area contributed by atoms with Gasteiger partial charge >= 0.3 is 0 Å². The second kappa shape index (κ2) is 17.0. The van der Waals surface area contributed by atoms with Crippen molar-refractivity contribution in [3.05, 3.63) is 106 Å². The average molecular weight is 608 g/mol. The van der Waals surface area contributed by atoms with Crippen molar-refractivity contribution in [3.8, 4) is 0 Å². The molecule has 0 aliphatic heterocycles. The van der Waals surface area contributed by atoms with E-state index in [2.05, 4.69) is 36.6 Å². The molecule has 3 N–H and O–H groups in total. The summed E-state index contributed by atoms with van der Waals surface area (Å²) in [5.41, 5.74) is 4.06. The lowest BCUT2D eigenvalue weighted by Crippen LogP contribution is -2.48. The number of halogens is 2. The molecule has 0 unspecified atom stereocenters. The molecule has 2 atom stereocenters. The number of carbonyl (C=O) groups is 2. The van der Waals surface area contributed by atoms with E-state index >= 15 is 0 Å². The Labute approximate surface area is 260 Å². The first kappa shape index (κ1) is 34.9. The summed E-state index contributed by atoms with van der Waals surface area (Å²) < 4.78 is 28.0. The highest BCUT2D eigenvalue weighted by molar-refractivity contribution is 6.00. The molecule has 6 nitrogen and oxygen atoms in total. The van der Waals surface area contributed by atoms with E-state index in [1.165, 1.54) is 17.7 Å². The van der Waals surface area contributed by atoms with Crippen LogP contribution in [0.1, 0.15) is 83.5 Å². The molecule has 238 valence electrons. The molecule has 44 heavy (non-hydrogen) atoms. The number of hydrogen-bond acceptors (Lipinski definition) is 4. The van der Waals surface area contributed by atoms with Gasteiger partial charge in [-0.3, -0.25) is 9.59 Å². The van der Waals surface area contributed by atoms with Crippen LogP contribution in [0.3, 0.4) is 0 Å². The van der Waals surface area contributed by atoms with E-state index in [0.717, 1.165) is 36.5 Å². The number of benzene rings is 3. The van der Waals surface area contributed by atoms with Gasteiger partial charge in [-0.05, 0) is 91.1 Å². The number of carbonyl (C=O) groups excluding carboxylic acids is 2. The summed E-state index contributed by atoms with van der Waals surface area (Å²) in [6, 6.07) is 15.6. The van der Waals surface area contributed by atoms with Crippen molar-refractivity contribution in [2.24, 2.45) is 5.92 Å². The maximum absolute atomic E-state index is 14.0. The van der Waals surface area contributed by atoms with Gasteiger partial charge < -0.3 is 20.6 Å². The van der Waals surface area contributed by atoms with Gasteiger partial charge in [0.1, 0.15) is 11.6 Å². The van der Waals surface area contributed by atoms with Crippen LogP contribution in [0, 0.1) is 24.5 Å². The van der Waals surface area contributed by atoms with Gasteiger partial charge in [-0.15, -0.1) is 0 Å². The normalized spacial score (nSPS) is 12.7. The molecular formula is C36H47F2N3O3. The molecule has 0 saturated heterocycles. The Morgan fingerprint density at radius 1 is 0.841 bits per heavy atom. The molecule has 0 saturated carbocycles. The third kappa shape index (κ3) is 10.8. The van der Waals surface area contributed by atoms with Gasteiger partial charge in [-0.2, -0.15) is 0 Å². The summed E-state index contributed by atoms with van der Waals surface area (Å²) in [5, 5.41) is 17.3. The van der Waals surface area contributed by atoms with E-state index in [1.807, 2.05) is 32.9 Å². The van der Waals surface area contributed by atoms with Crippen LogP contribution in [-0.2, 0) is 19.4 Å². The Bertz CT molecular complexity index is 1370. The molecule has 3 rings (SSSR count). The van der Waals surface area contributed by atoms with Crippen molar-refractivity contribution < 1.29 is 23.5 Å². The molecule has 0 spiro atoms. The highest BCUT2D eigenvalue weighted by Crippen LogP contribution is 2.16. The molecular weight excluding hydrogens is 560 g/mol. The average Bonchev–Trinajstić information content (AvgIpc) is 2.95. The number of aliphatic hydroxyl groups excluding tert-OH is 1. The monoisotopic (exact) mass is 607 g/mol. The third-order valence-electron chi connectivity index (χ3n) is 7.34. The number of nitrogens with one attached hydrogen (secondary N) is 2. The van der Waals surface area contributed by atoms with Gasteiger partial charge in [0, 0.05) is 43.4 Å². The minimum atomic E-state index is -1.07. The molecule has 0 bridgehead atoms. The lowest BCUT2D eigenvalue weighted by molar-refractivity contribution is 0.0755. The van der Waals surface area contributed by atoms with Gasteiger partial charge in [0.15, 0.2) is 0 Å². The Hall–Kier alpha value is -3.62. The number of nitrogens with zero attached hydrogens (tertiary/aromatic N) is 1. The first-order chi connectivity index (χ1) is 21.0. The first-order valence-corrected chi connectivity index (χ1v) is 15.6. The van der Waals surface area contributed by atoms with Crippen molar-refractivity contribution >= 4 is 11.8 Å². The van der Waals surface area contributed by atoms with Gasteiger partial charge in [0.2, 0.25) is 0 Å². The van der Waals surface area contributed by atoms with Crippen LogP contribution in [0.2, 0.25) is 0 Å². The molecule has 0 aliphatic rings. The Morgan fingerprint density at radius 2 is 1.48 bits per heavy atom. The number of hydrogen-bond donors (Lipinski definition) is 3. The molecule has 0 aromatic heterocycles. The zero-order chi connectivity index (χ0) is 32.2. The topological polar surface area (TPSA) is 81.7 Å². The van der Waals surface area contributed by atoms with E-state index in [-0.39, 0.29) is 24.4 Å². The number of aryl methyl sites for hydroxylation is 1. The highest BCUT2D eigenvalue weighted by atomic mass is 19.1. The van der Waals surface area contributed by atoms with Crippen LogP contribution in [0.15, 0.2) is 60.7 Å². The summed E-state index contributed by atoms with van der Waals surface area (Å²) in [6.07, 6.45) is 1.55. The van der Waals surface area contributed by atoms with Crippen LogP contribution in [0.4, 0.5) is 8.78 Å². The summed E-state index contributed by atoms with van der Waals surface area (Å²) in [6.45, 7) is 12.1. The largest absolute Gasteiger partial charge is 0.390 e. The summed E-state index contributed by atoms with van der Waals surface area (Å²) in [7, 11) is 0. The lowest BCUT2D eigenvalue weighted by Gasteiger charge is -2.25. The van der Waals surface area contributed by atoms with Crippen molar-refractivity contribution in [2.75, 3.05) is 19.6 Å². The van der Waals surface area contributed by atoms with E-state index in [1.54, 1.807) is 23.1 Å². The standard InChI is InChI=1S/C36H47F2N3O3/c1-6-11-41(12-7-2)36(44)30-15-25(5)14-29(20-30)35(43)40-33(19-28-17-31(37)21-32(38)18-28)34(42)23-39-22-27-10-8-9-26(16-27)13-24(3)4/h8-10,14-18,20-21,24,33-34,39,42H,6-7,11-13,19,22-23H2,1-5H3,(H,40,43)/t33-,34+/m0/s1. The third-order valence-corrected chi connectivity index (χ3v) is 7.34. The molecule has 3 aromatic rings. The predicted molar refractivity (Wildman–Crippen MR) is 172 cm³/mol. The van der Waals surface area contributed by atoms with E-state index in [4.69, 9.17) is 0 Å². The highest BCUT2D eigenvalue weighted by Gasteiger charge is 2.24. The Balaban J connectivity index is 1.79. The van der Waals surface area contributed by atoms with Gasteiger partial charge in [-0.25, -0.2) is 8.78 Å². The van der Waals surface area contributed by atoms with Crippen molar-refractivity contribution in [1.29, 1.82) is 0 Å². The van der Waals surface area contributed by atoms with Crippen LogP contribution < -0.4 is 10.6 Å². The Kier molecular flexibility index (Phi) is 13.5. The van der Waals surface area contributed by atoms with Gasteiger partial charge in [-0.1, -0.05) is 52.0 Å². The predicted octanol–water partition coefficient (Wildman–Crippen LogP) is 6.23. The summed E-state index contributed by atoms with van der Waals surface area (Å²) in [4.78, 5) is 28.6. The van der Waals surface area contributed by atoms with Gasteiger partial charge in [0.05, 0.1) is 12.1 Å². The van der Waals surface area contributed by atoms with Crippen molar-refractivity contribution in [3.63, 3.8) is 0 Å². The van der Waals surface area contributed by atoms with Crippen LogP contribution in [0.25, 0.3) is 0 Å². The second-order valence-electron chi connectivity index (χ2n) is 12.1. The van der Waals surface area contributed by atoms with Crippen LogP contribution in [-0.4, -0.2) is 53.6 Å². The van der Waals surface area contributed by atoms with Crippen LogP contribution in [0.5, 0.6) is 0 Å². The fourth-order valence-corrected chi connectivity index (χ4v) is 5.44. The number of amides is 2. The zero-order valence-corrected chi connectivity index (χ0v) is 26.6. The Morgan fingerprint density at radius 3 is 2.11 bits per heavy atom. The van der Waals surface area contributed by atoms with E-state index < -0.39 is 29.7 Å². The second-order valence-corrected chi connectivity index (χ2v) is 12.1. The SMILES string of the molecule is CCCN(CCC)C(=O)c1cc(C)cc(C(=O)N[C@@H](Cc2cc(F)cc(F)c2)[C@H](O)CNCc2cccc(CC(C)C)c2)c1. The minimum absolute atomic E-state index is 0.00548. The number of aliphatic hydroxyl groups is 1. The molecule has 0 heterocycles. The maximum atomic E-state index is 14.0. The summed E-state index contributed by atoms with van der Waals surface area (Å²) >= 11 is 0. The lowest BCUT2D eigenvalue weighted by atomic mass is 9.99. The molecule has 3 aromatic carbocycles. The molecule has 0 radical (unpaired) electrons. The summed E-state index contributed by atoms with van der Waals surface area (Å²) in [5.74, 6) is -1.55. The quantitative estimate of drug-likeness (QED) is 0.181. The van der Waals surface area contributed by atoms with Crippen molar-refractivity contribution in [1.82, 2.24) is 15.5 Å². The van der Waals surface area contributed by atoms with E-state index in [9.17, 15) is 23.5 Å². The van der Waals surface area contributed by atoms with Gasteiger partial charge in [0.25, 0.3) is 11.8 Å². The smallest absolute Gasteiger partial charge is 0.253 e. The number of rotatable bonds is 16. The minimum Gasteiger partial charge on any atom is -0.390 e. The first-order valence-electron chi connectivity index (χ1n) is 15.6. The van der Waals surface area contributed by atoms with Crippen LogP contribution >= 0.6 is 0 Å². The molecule has 0 aliphatic carbocycles. The molecule has 0 fully saturated rings. The fourth-order valence-electron chi connectivity index (χ4n) is 5.44.